The number of nitrogens with zero attached hydrogens (tertiary/aromatic N) is 3. The van der Waals surface area contributed by atoms with Gasteiger partial charge in [-0.15, -0.1) is 0 Å². The van der Waals surface area contributed by atoms with Crippen molar-refractivity contribution in [2.24, 2.45) is 4.99 Å². The normalized spacial score (nSPS) is 14.7. The first-order valence-electron chi connectivity index (χ1n) is 14.9. The second kappa shape index (κ2) is 13.0. The molecule has 0 unspecified atom stereocenters. The number of para-hydroxylation sites is 1. The van der Waals surface area contributed by atoms with E-state index in [9.17, 15) is 9.59 Å². The lowest BCUT2D eigenvalue weighted by atomic mass is 9.93. The van der Waals surface area contributed by atoms with E-state index in [-0.39, 0.29) is 17.7 Å². The number of esters is 1. The zero-order valence-corrected chi connectivity index (χ0v) is 28.1. The summed E-state index contributed by atoms with van der Waals surface area (Å²) in [6, 6.07) is 29.3. The SMILES string of the molecule is CCOC(=O)C1=C(c2ccccc2)N=c2s/c(=C\c3cn(Cc4ccc(Cl)cc4Cl)c4ccccc34)c(=O)n2[C@@H]1c1ccc(Cl)cc1. The Morgan fingerprint density at radius 1 is 0.936 bits per heavy atom. The summed E-state index contributed by atoms with van der Waals surface area (Å²) in [7, 11) is 0. The number of fused-ring (bicyclic) bond motifs is 2. The molecule has 0 fully saturated rings. The molecule has 0 spiro atoms. The Morgan fingerprint density at radius 2 is 1.66 bits per heavy atom. The van der Waals surface area contributed by atoms with Gasteiger partial charge in [0.05, 0.1) is 28.5 Å². The van der Waals surface area contributed by atoms with Gasteiger partial charge in [-0.1, -0.05) is 113 Å². The molecule has 4 aromatic carbocycles. The zero-order chi connectivity index (χ0) is 32.7. The van der Waals surface area contributed by atoms with Crippen LogP contribution >= 0.6 is 46.1 Å². The first-order chi connectivity index (χ1) is 22.8. The first kappa shape index (κ1) is 31.2. The largest absolute Gasteiger partial charge is 0.463 e. The van der Waals surface area contributed by atoms with Crippen LogP contribution in [0.15, 0.2) is 119 Å². The Balaban J connectivity index is 1.44. The first-order valence-corrected chi connectivity index (χ1v) is 16.8. The molecule has 0 N–H and O–H groups in total. The number of carbonyl (C=O) groups is 1. The number of ether oxygens (including phenoxy) is 1. The number of aromatic nitrogens is 2. The summed E-state index contributed by atoms with van der Waals surface area (Å²) in [6.45, 7) is 2.45. The molecule has 1 atom stereocenters. The van der Waals surface area contributed by atoms with E-state index in [1.807, 2.05) is 91.1 Å². The van der Waals surface area contributed by atoms with Gasteiger partial charge in [-0.25, -0.2) is 9.79 Å². The number of rotatable bonds is 7. The van der Waals surface area contributed by atoms with Crippen LogP contribution in [-0.2, 0) is 16.1 Å². The van der Waals surface area contributed by atoms with Crippen LogP contribution in [0.25, 0.3) is 22.7 Å². The van der Waals surface area contributed by atoms with Crippen LogP contribution in [0.5, 0.6) is 0 Å². The molecule has 7 rings (SSSR count). The minimum atomic E-state index is -0.784. The monoisotopic (exact) mass is 697 g/mol. The molecule has 0 saturated heterocycles. The topological polar surface area (TPSA) is 65.6 Å². The van der Waals surface area contributed by atoms with E-state index in [0.717, 1.165) is 27.6 Å². The molecule has 0 bridgehead atoms. The maximum atomic E-state index is 14.4. The predicted octanol–water partition coefficient (Wildman–Crippen LogP) is 7.90. The Bertz CT molecular complexity index is 2380. The van der Waals surface area contributed by atoms with Crippen LogP contribution in [0, 0.1) is 0 Å². The van der Waals surface area contributed by atoms with Gasteiger partial charge in [-0.3, -0.25) is 9.36 Å². The Labute approximate surface area is 289 Å². The molecular formula is C37H26Cl3N3O3S. The highest BCUT2D eigenvalue weighted by molar-refractivity contribution is 7.07. The summed E-state index contributed by atoms with van der Waals surface area (Å²) in [5.74, 6) is -0.534. The van der Waals surface area contributed by atoms with Crippen molar-refractivity contribution in [1.82, 2.24) is 9.13 Å². The molecule has 0 aliphatic carbocycles. The third-order valence-electron chi connectivity index (χ3n) is 8.02. The maximum Gasteiger partial charge on any atom is 0.338 e. The molecule has 47 heavy (non-hydrogen) atoms. The van der Waals surface area contributed by atoms with Gasteiger partial charge in [-0.2, -0.15) is 0 Å². The van der Waals surface area contributed by atoms with E-state index in [1.165, 1.54) is 11.3 Å². The fourth-order valence-electron chi connectivity index (χ4n) is 5.90. The van der Waals surface area contributed by atoms with Gasteiger partial charge >= 0.3 is 5.97 Å². The lowest BCUT2D eigenvalue weighted by Crippen LogP contribution is -2.40. The number of carbonyl (C=O) groups excluding carboxylic acids is 1. The maximum absolute atomic E-state index is 14.4. The van der Waals surface area contributed by atoms with Crippen molar-refractivity contribution in [1.29, 1.82) is 0 Å². The van der Waals surface area contributed by atoms with Crippen molar-refractivity contribution in [3.8, 4) is 0 Å². The van der Waals surface area contributed by atoms with Crippen molar-refractivity contribution in [2.75, 3.05) is 6.61 Å². The van der Waals surface area contributed by atoms with E-state index in [2.05, 4.69) is 4.57 Å². The molecule has 6 nitrogen and oxygen atoms in total. The third kappa shape index (κ3) is 5.96. The van der Waals surface area contributed by atoms with Crippen LogP contribution in [0.4, 0.5) is 0 Å². The average Bonchev–Trinajstić information content (AvgIpc) is 3.58. The highest BCUT2D eigenvalue weighted by Crippen LogP contribution is 2.35. The summed E-state index contributed by atoms with van der Waals surface area (Å²) in [5, 5.41) is 2.68. The predicted molar refractivity (Wildman–Crippen MR) is 190 cm³/mol. The van der Waals surface area contributed by atoms with Gasteiger partial charge in [0.2, 0.25) is 0 Å². The minimum absolute atomic E-state index is 0.174. The van der Waals surface area contributed by atoms with Crippen molar-refractivity contribution < 1.29 is 9.53 Å². The fourth-order valence-corrected chi connectivity index (χ4v) is 7.48. The summed E-state index contributed by atoms with van der Waals surface area (Å²) >= 11 is 20.2. The molecule has 0 amide bonds. The van der Waals surface area contributed by atoms with Crippen molar-refractivity contribution >= 4 is 74.8 Å². The Morgan fingerprint density at radius 3 is 2.40 bits per heavy atom. The zero-order valence-electron chi connectivity index (χ0n) is 25.0. The molecule has 6 aromatic rings. The van der Waals surface area contributed by atoms with Crippen LogP contribution in [0.3, 0.4) is 0 Å². The molecule has 1 aliphatic rings. The Hall–Kier alpha value is -4.40. The molecule has 3 heterocycles. The number of hydrogen-bond donors (Lipinski definition) is 0. The molecule has 0 saturated carbocycles. The van der Waals surface area contributed by atoms with Gasteiger partial charge in [0.25, 0.3) is 5.56 Å². The van der Waals surface area contributed by atoms with Gasteiger partial charge in [0, 0.05) is 49.8 Å². The molecular weight excluding hydrogens is 673 g/mol. The van der Waals surface area contributed by atoms with Crippen LogP contribution < -0.4 is 14.9 Å². The smallest absolute Gasteiger partial charge is 0.338 e. The van der Waals surface area contributed by atoms with E-state index < -0.39 is 12.0 Å². The highest BCUT2D eigenvalue weighted by atomic mass is 35.5. The Kier molecular flexibility index (Phi) is 8.64. The lowest BCUT2D eigenvalue weighted by Gasteiger charge is -2.25. The van der Waals surface area contributed by atoms with Gasteiger partial charge in [0.1, 0.15) is 0 Å². The quantitative estimate of drug-likeness (QED) is 0.159. The van der Waals surface area contributed by atoms with Crippen LogP contribution in [-0.4, -0.2) is 21.7 Å². The molecule has 234 valence electrons. The third-order valence-corrected chi connectivity index (χ3v) is 9.84. The van der Waals surface area contributed by atoms with Crippen molar-refractivity contribution in [3.05, 3.63) is 166 Å². The van der Waals surface area contributed by atoms with Crippen molar-refractivity contribution in [3.63, 3.8) is 0 Å². The van der Waals surface area contributed by atoms with Crippen LogP contribution in [0.2, 0.25) is 15.1 Å². The number of thiazole rings is 1. The minimum Gasteiger partial charge on any atom is -0.463 e. The summed E-state index contributed by atoms with van der Waals surface area (Å²) in [4.78, 5) is 33.5. The molecule has 0 radical (unpaired) electrons. The van der Waals surface area contributed by atoms with Gasteiger partial charge in [0.15, 0.2) is 4.80 Å². The lowest BCUT2D eigenvalue weighted by molar-refractivity contribution is -0.138. The molecule has 1 aliphatic heterocycles. The van der Waals surface area contributed by atoms with E-state index >= 15 is 0 Å². The van der Waals surface area contributed by atoms with Gasteiger partial charge in [-0.05, 0) is 54.5 Å². The number of hydrogen-bond acceptors (Lipinski definition) is 5. The standard InChI is InChI=1S/C37H26Cl3N3O3S/c1-2-46-36(45)32-33(22-8-4-3-5-9-22)41-37-43(34(32)23-12-15-26(38)16-13-23)35(44)31(47-37)18-25-21-42(30-11-7-6-10-28(25)30)20-24-14-17-27(39)19-29(24)40/h3-19,21,34H,2,20H2,1H3/b31-18-/t34-/m1/s1. The van der Waals surface area contributed by atoms with E-state index in [0.29, 0.717) is 42.2 Å². The van der Waals surface area contributed by atoms with Crippen molar-refractivity contribution in [2.45, 2.75) is 19.5 Å². The average molecular weight is 699 g/mol. The highest BCUT2D eigenvalue weighted by Gasteiger charge is 2.35. The molecule has 10 heteroatoms. The second-order valence-corrected chi connectivity index (χ2v) is 13.2. The summed E-state index contributed by atoms with van der Waals surface area (Å²) < 4.78 is 9.73. The summed E-state index contributed by atoms with van der Waals surface area (Å²) in [6.07, 6.45) is 3.91. The second-order valence-electron chi connectivity index (χ2n) is 10.9. The number of halogens is 3. The summed E-state index contributed by atoms with van der Waals surface area (Å²) in [5.41, 5.74) is 4.73. The van der Waals surface area contributed by atoms with E-state index in [4.69, 9.17) is 44.5 Å². The van der Waals surface area contributed by atoms with Gasteiger partial charge < -0.3 is 9.30 Å². The fraction of sp³-hybridized carbons (Fsp3) is 0.108. The number of benzene rings is 4. The molecule has 2 aromatic heterocycles. The van der Waals surface area contributed by atoms with E-state index in [1.54, 1.807) is 29.7 Å². The van der Waals surface area contributed by atoms with Crippen LogP contribution in [0.1, 0.15) is 35.2 Å².